The molecule has 138 valence electrons. The number of likely N-dealkylation sites (N-methyl/N-ethyl adjacent to an activating group) is 1. The van der Waals surface area contributed by atoms with Crippen molar-refractivity contribution in [3.8, 4) is 0 Å². The molecule has 1 aliphatic heterocycles. The number of benzene rings is 2. The Morgan fingerprint density at radius 1 is 1.12 bits per heavy atom. The average molecular weight is 390 g/mol. The molecule has 0 atom stereocenters. The van der Waals surface area contributed by atoms with Crippen LogP contribution in [0.2, 0.25) is 5.02 Å². The van der Waals surface area contributed by atoms with E-state index in [-0.39, 0.29) is 5.91 Å². The Balaban J connectivity index is 1.78. The van der Waals surface area contributed by atoms with E-state index >= 15 is 0 Å². The Morgan fingerprint density at radius 2 is 1.81 bits per heavy atom. The number of thioether (sulfide) groups is 1. The number of anilines is 2. The van der Waals surface area contributed by atoms with Crippen molar-refractivity contribution >= 4 is 40.6 Å². The fourth-order valence-corrected chi connectivity index (χ4v) is 3.71. The molecule has 0 saturated carbocycles. The van der Waals surface area contributed by atoms with Crippen LogP contribution in [0.1, 0.15) is 17.3 Å². The number of nitrogens with zero attached hydrogens (tertiary/aromatic N) is 2. The monoisotopic (exact) mass is 389 g/mol. The fraction of sp³-hybridized carbons (Fsp3) is 0.350. The van der Waals surface area contributed by atoms with E-state index in [9.17, 15) is 4.79 Å². The van der Waals surface area contributed by atoms with Gasteiger partial charge >= 0.3 is 0 Å². The summed E-state index contributed by atoms with van der Waals surface area (Å²) in [4.78, 5) is 18.6. The number of hydrogen-bond acceptors (Lipinski definition) is 4. The molecule has 26 heavy (non-hydrogen) atoms. The van der Waals surface area contributed by atoms with Crippen LogP contribution in [0.3, 0.4) is 0 Å². The fourth-order valence-electron chi connectivity index (χ4n) is 3.13. The molecule has 4 nitrogen and oxygen atoms in total. The highest BCUT2D eigenvalue weighted by Gasteiger charge is 2.19. The second kappa shape index (κ2) is 8.80. The summed E-state index contributed by atoms with van der Waals surface area (Å²) < 4.78 is 0. The predicted octanol–water partition coefficient (Wildman–Crippen LogP) is 4.46. The predicted molar refractivity (Wildman–Crippen MR) is 112 cm³/mol. The van der Waals surface area contributed by atoms with E-state index in [1.807, 2.05) is 48.7 Å². The third kappa shape index (κ3) is 4.53. The lowest BCUT2D eigenvalue weighted by Gasteiger charge is -2.36. The summed E-state index contributed by atoms with van der Waals surface area (Å²) in [5.74, 6) is -0.117. The molecule has 0 spiro atoms. The van der Waals surface area contributed by atoms with E-state index in [0.29, 0.717) is 10.6 Å². The summed E-state index contributed by atoms with van der Waals surface area (Å²) in [6.07, 6.45) is 2.02. The summed E-state index contributed by atoms with van der Waals surface area (Å²) in [5.41, 5.74) is 2.44. The number of piperazine rings is 1. The van der Waals surface area contributed by atoms with Crippen molar-refractivity contribution in [1.29, 1.82) is 0 Å². The summed E-state index contributed by atoms with van der Waals surface area (Å²) in [7, 11) is 0. The van der Waals surface area contributed by atoms with E-state index in [0.717, 1.165) is 49.0 Å². The zero-order chi connectivity index (χ0) is 18.5. The molecule has 1 amide bonds. The second-order valence-electron chi connectivity index (χ2n) is 6.27. The van der Waals surface area contributed by atoms with Crippen LogP contribution in [0.15, 0.2) is 47.4 Å². The number of carbonyl (C=O) groups is 1. The van der Waals surface area contributed by atoms with Crippen LogP contribution < -0.4 is 10.2 Å². The van der Waals surface area contributed by atoms with E-state index < -0.39 is 0 Å². The average Bonchev–Trinajstić information content (AvgIpc) is 2.68. The Labute approximate surface area is 164 Å². The highest BCUT2D eigenvalue weighted by Crippen LogP contribution is 2.30. The summed E-state index contributed by atoms with van der Waals surface area (Å²) >= 11 is 7.85. The lowest BCUT2D eigenvalue weighted by Crippen LogP contribution is -2.46. The third-order valence-electron chi connectivity index (χ3n) is 4.72. The molecule has 2 aromatic rings. The number of hydrogen-bond donors (Lipinski definition) is 1. The van der Waals surface area contributed by atoms with Crippen LogP contribution in [-0.4, -0.2) is 49.8 Å². The normalized spacial score (nSPS) is 15.1. The van der Waals surface area contributed by atoms with Crippen LogP contribution in [-0.2, 0) is 0 Å². The molecule has 0 aromatic heterocycles. The van der Waals surface area contributed by atoms with Crippen LogP contribution >= 0.6 is 23.4 Å². The van der Waals surface area contributed by atoms with Crippen molar-refractivity contribution in [1.82, 2.24) is 4.90 Å². The highest BCUT2D eigenvalue weighted by molar-refractivity contribution is 7.98. The Hall–Kier alpha value is -1.69. The quantitative estimate of drug-likeness (QED) is 0.766. The minimum atomic E-state index is -0.117. The van der Waals surface area contributed by atoms with Gasteiger partial charge in [0.25, 0.3) is 5.91 Å². The molecule has 6 heteroatoms. The molecule has 0 radical (unpaired) electrons. The van der Waals surface area contributed by atoms with E-state index in [1.54, 1.807) is 11.8 Å². The van der Waals surface area contributed by atoms with Crippen LogP contribution in [0.25, 0.3) is 0 Å². The second-order valence-corrected chi connectivity index (χ2v) is 7.58. The first-order valence-corrected chi connectivity index (χ1v) is 10.4. The minimum Gasteiger partial charge on any atom is -0.367 e. The van der Waals surface area contributed by atoms with Gasteiger partial charge in [-0.1, -0.05) is 18.5 Å². The van der Waals surface area contributed by atoms with Crippen molar-refractivity contribution < 1.29 is 4.79 Å². The van der Waals surface area contributed by atoms with Crippen LogP contribution in [0.5, 0.6) is 0 Å². The first kappa shape index (κ1) is 19.1. The smallest absolute Gasteiger partial charge is 0.255 e. The molecular formula is C20H24ClN3OS. The largest absolute Gasteiger partial charge is 0.367 e. The van der Waals surface area contributed by atoms with E-state index in [4.69, 9.17) is 11.6 Å². The first-order chi connectivity index (χ1) is 12.6. The van der Waals surface area contributed by atoms with Gasteiger partial charge in [0.05, 0.1) is 11.4 Å². The number of rotatable bonds is 5. The van der Waals surface area contributed by atoms with Gasteiger partial charge in [0, 0.05) is 41.7 Å². The van der Waals surface area contributed by atoms with E-state index in [2.05, 4.69) is 22.0 Å². The number of nitrogens with one attached hydrogen (secondary N) is 1. The lowest BCUT2D eigenvalue weighted by atomic mass is 10.1. The molecular weight excluding hydrogens is 366 g/mol. The maximum Gasteiger partial charge on any atom is 0.255 e. The number of amides is 1. The molecule has 1 fully saturated rings. The zero-order valence-electron chi connectivity index (χ0n) is 15.2. The van der Waals surface area contributed by atoms with Gasteiger partial charge in [-0.05, 0) is 55.3 Å². The van der Waals surface area contributed by atoms with Gasteiger partial charge in [-0.15, -0.1) is 11.8 Å². The van der Waals surface area contributed by atoms with Crippen molar-refractivity contribution in [2.24, 2.45) is 0 Å². The van der Waals surface area contributed by atoms with Gasteiger partial charge in [-0.25, -0.2) is 0 Å². The molecule has 1 heterocycles. The van der Waals surface area contributed by atoms with E-state index in [1.165, 1.54) is 0 Å². The molecule has 0 unspecified atom stereocenters. The highest BCUT2D eigenvalue weighted by atomic mass is 35.5. The maximum atomic E-state index is 12.7. The Bertz CT molecular complexity index is 758. The Morgan fingerprint density at radius 3 is 2.42 bits per heavy atom. The lowest BCUT2D eigenvalue weighted by molar-refractivity contribution is 0.102. The third-order valence-corrected chi connectivity index (χ3v) is 5.70. The van der Waals surface area contributed by atoms with Gasteiger partial charge < -0.3 is 15.1 Å². The molecule has 1 N–H and O–H groups in total. The summed E-state index contributed by atoms with van der Waals surface area (Å²) in [6, 6.07) is 13.3. The molecule has 2 aromatic carbocycles. The summed E-state index contributed by atoms with van der Waals surface area (Å²) in [5, 5.41) is 3.66. The number of halogens is 1. The molecule has 3 rings (SSSR count). The zero-order valence-corrected chi connectivity index (χ0v) is 16.7. The molecule has 1 saturated heterocycles. The maximum absolute atomic E-state index is 12.7. The Kier molecular flexibility index (Phi) is 6.46. The topological polar surface area (TPSA) is 35.6 Å². The van der Waals surface area contributed by atoms with Crippen LogP contribution in [0.4, 0.5) is 11.4 Å². The van der Waals surface area contributed by atoms with Gasteiger partial charge in [0.15, 0.2) is 0 Å². The first-order valence-electron chi connectivity index (χ1n) is 8.83. The van der Waals surface area contributed by atoms with Crippen molar-refractivity contribution in [2.75, 3.05) is 49.2 Å². The van der Waals surface area contributed by atoms with Gasteiger partial charge in [0.2, 0.25) is 0 Å². The molecule has 1 aliphatic rings. The van der Waals surface area contributed by atoms with Gasteiger partial charge in [-0.2, -0.15) is 0 Å². The molecule has 0 aliphatic carbocycles. The van der Waals surface area contributed by atoms with Crippen molar-refractivity contribution in [2.45, 2.75) is 11.8 Å². The standard InChI is InChI=1S/C20H24ClN3OS/c1-3-23-10-12-24(13-11-23)19-9-6-16(21)14-18(19)22-20(25)15-4-7-17(26-2)8-5-15/h4-9,14H,3,10-13H2,1-2H3,(H,22,25). The molecule has 0 bridgehead atoms. The van der Waals surface area contributed by atoms with Crippen molar-refractivity contribution in [3.63, 3.8) is 0 Å². The van der Waals surface area contributed by atoms with Gasteiger partial charge in [-0.3, -0.25) is 4.79 Å². The minimum absolute atomic E-state index is 0.117. The summed E-state index contributed by atoms with van der Waals surface area (Å²) in [6.45, 7) is 7.21. The van der Waals surface area contributed by atoms with Crippen LogP contribution in [0, 0.1) is 0 Å². The SMILES string of the molecule is CCN1CCN(c2ccc(Cl)cc2NC(=O)c2ccc(SC)cc2)CC1. The van der Waals surface area contributed by atoms with Gasteiger partial charge in [0.1, 0.15) is 0 Å². The van der Waals surface area contributed by atoms with Crippen molar-refractivity contribution in [3.05, 3.63) is 53.1 Å². The number of carbonyl (C=O) groups excluding carboxylic acids is 1.